The molecule has 0 radical (unpaired) electrons. The lowest BCUT2D eigenvalue weighted by atomic mass is 9.44. The summed E-state index contributed by atoms with van der Waals surface area (Å²) in [6.07, 6.45) is 7.58. The van der Waals surface area contributed by atoms with Crippen molar-refractivity contribution in [3.05, 3.63) is 0 Å². The summed E-state index contributed by atoms with van der Waals surface area (Å²) >= 11 is 0. The van der Waals surface area contributed by atoms with E-state index in [9.17, 15) is 15.2 Å². The first-order chi connectivity index (χ1) is 10.9. The van der Waals surface area contributed by atoms with Gasteiger partial charge in [0.1, 0.15) is 5.78 Å². The first kappa shape index (κ1) is 15.6. The minimum Gasteiger partial charge on any atom is -0.393 e. The van der Waals surface area contributed by atoms with Crippen LogP contribution in [-0.4, -0.2) is 17.0 Å². The summed E-state index contributed by atoms with van der Waals surface area (Å²) < 4.78 is 0. The highest BCUT2D eigenvalue weighted by Crippen LogP contribution is 2.66. The number of aliphatic hydroxyl groups excluding tert-OH is 1. The quantitative estimate of drug-likeness (QED) is 0.741. The summed E-state index contributed by atoms with van der Waals surface area (Å²) in [6.45, 7) is 4.55. The summed E-state index contributed by atoms with van der Waals surface area (Å²) in [4.78, 5) is 13.2. The summed E-state index contributed by atoms with van der Waals surface area (Å²) in [6, 6.07) is 2.51. The Hall–Kier alpha value is -0.880. The van der Waals surface area contributed by atoms with Crippen LogP contribution in [0.4, 0.5) is 0 Å². The molecule has 1 N–H and O–H groups in total. The standard InChI is InChI=1S/C20H29NO2/c1-19-8-7-14(22)9-12(19)3-5-15-16-6-4-13(11-21)20(16,2)10-17(23)18(15)19/h12-16,18,22H,3-10H2,1-2H3/t12?,13-,14-,15+,16?,18-,19+,20-/m1/s1. The highest BCUT2D eigenvalue weighted by Gasteiger charge is 2.63. The highest BCUT2D eigenvalue weighted by atomic mass is 16.3. The molecule has 4 fully saturated rings. The first-order valence-corrected chi connectivity index (χ1v) is 9.50. The van der Waals surface area contributed by atoms with E-state index in [0.717, 1.165) is 44.9 Å². The van der Waals surface area contributed by atoms with Crippen molar-refractivity contribution in [3.8, 4) is 6.07 Å². The van der Waals surface area contributed by atoms with Crippen LogP contribution >= 0.6 is 0 Å². The molecule has 8 atom stereocenters. The van der Waals surface area contributed by atoms with Gasteiger partial charge in [-0.25, -0.2) is 0 Å². The Morgan fingerprint density at radius 1 is 1.13 bits per heavy atom. The molecule has 0 amide bonds. The van der Waals surface area contributed by atoms with Gasteiger partial charge in [-0.3, -0.25) is 4.79 Å². The molecule has 2 unspecified atom stereocenters. The molecule has 126 valence electrons. The molecule has 4 saturated carbocycles. The molecule has 3 heteroatoms. The third-order valence-corrected chi connectivity index (χ3v) is 8.48. The van der Waals surface area contributed by atoms with Gasteiger partial charge in [0.05, 0.1) is 18.1 Å². The average molecular weight is 315 g/mol. The maximum absolute atomic E-state index is 13.2. The normalized spacial score (nSPS) is 55.5. The van der Waals surface area contributed by atoms with Crippen molar-refractivity contribution in [1.29, 1.82) is 5.26 Å². The molecule has 0 saturated heterocycles. The van der Waals surface area contributed by atoms with E-state index in [2.05, 4.69) is 19.9 Å². The van der Waals surface area contributed by atoms with Crippen LogP contribution < -0.4 is 0 Å². The molecule has 0 bridgehead atoms. The summed E-state index contributed by atoms with van der Waals surface area (Å²) in [5.41, 5.74) is 0.00959. The Bertz CT molecular complexity index is 566. The zero-order valence-corrected chi connectivity index (χ0v) is 14.4. The third-order valence-electron chi connectivity index (χ3n) is 8.48. The Balaban J connectivity index is 1.69. The molecular formula is C20H29NO2. The Labute approximate surface area is 139 Å². The summed E-state index contributed by atoms with van der Waals surface area (Å²) in [7, 11) is 0. The largest absolute Gasteiger partial charge is 0.393 e. The average Bonchev–Trinajstić information content (AvgIpc) is 2.83. The second-order valence-electron chi connectivity index (χ2n) is 9.36. The number of aliphatic hydroxyl groups is 1. The van der Waals surface area contributed by atoms with E-state index >= 15 is 0 Å². The smallest absolute Gasteiger partial charge is 0.137 e. The minimum atomic E-state index is -0.164. The van der Waals surface area contributed by atoms with Crippen LogP contribution in [0.25, 0.3) is 0 Å². The Kier molecular flexibility index (Phi) is 3.44. The van der Waals surface area contributed by atoms with E-state index in [1.165, 1.54) is 0 Å². The van der Waals surface area contributed by atoms with Crippen molar-refractivity contribution in [1.82, 2.24) is 0 Å². The highest BCUT2D eigenvalue weighted by molar-refractivity contribution is 5.84. The Morgan fingerprint density at radius 2 is 1.91 bits per heavy atom. The van der Waals surface area contributed by atoms with Crippen molar-refractivity contribution < 1.29 is 9.90 Å². The molecule has 4 aliphatic rings. The first-order valence-electron chi connectivity index (χ1n) is 9.50. The van der Waals surface area contributed by atoms with Crippen LogP contribution in [0.2, 0.25) is 0 Å². The van der Waals surface area contributed by atoms with Crippen molar-refractivity contribution in [2.24, 2.45) is 40.4 Å². The Morgan fingerprint density at radius 3 is 2.65 bits per heavy atom. The van der Waals surface area contributed by atoms with Crippen molar-refractivity contribution in [2.75, 3.05) is 0 Å². The fourth-order valence-electron chi connectivity index (χ4n) is 7.26. The molecule has 0 aromatic heterocycles. The fraction of sp³-hybridized carbons (Fsp3) is 0.900. The molecular weight excluding hydrogens is 286 g/mol. The number of fused-ring (bicyclic) bond motifs is 5. The number of hydrogen-bond donors (Lipinski definition) is 1. The second kappa shape index (κ2) is 5.06. The van der Waals surface area contributed by atoms with Gasteiger partial charge in [-0.15, -0.1) is 0 Å². The van der Waals surface area contributed by atoms with Gasteiger partial charge in [0.2, 0.25) is 0 Å². The molecule has 0 aliphatic heterocycles. The molecule has 0 heterocycles. The maximum Gasteiger partial charge on any atom is 0.137 e. The number of carbonyl (C=O) groups excluding carboxylic acids is 1. The van der Waals surface area contributed by atoms with Crippen molar-refractivity contribution in [2.45, 2.75) is 71.3 Å². The molecule has 4 aliphatic carbocycles. The van der Waals surface area contributed by atoms with Crippen molar-refractivity contribution >= 4 is 5.78 Å². The van der Waals surface area contributed by atoms with E-state index in [1.54, 1.807) is 0 Å². The van der Waals surface area contributed by atoms with Gasteiger partial charge < -0.3 is 5.11 Å². The number of ketones is 1. The molecule has 23 heavy (non-hydrogen) atoms. The van der Waals surface area contributed by atoms with Gasteiger partial charge in [0, 0.05) is 12.3 Å². The predicted molar refractivity (Wildman–Crippen MR) is 87.2 cm³/mol. The number of hydrogen-bond acceptors (Lipinski definition) is 3. The zero-order valence-electron chi connectivity index (χ0n) is 14.4. The molecule has 0 aromatic rings. The van der Waals surface area contributed by atoms with Gasteiger partial charge in [-0.05, 0) is 73.5 Å². The zero-order chi connectivity index (χ0) is 16.4. The number of nitriles is 1. The molecule has 4 rings (SSSR count). The minimum absolute atomic E-state index is 0.0658. The van der Waals surface area contributed by atoms with E-state index < -0.39 is 0 Å². The third kappa shape index (κ3) is 2.00. The topological polar surface area (TPSA) is 61.1 Å². The number of carbonyl (C=O) groups is 1. The molecule has 3 nitrogen and oxygen atoms in total. The van der Waals surface area contributed by atoms with Gasteiger partial charge in [-0.2, -0.15) is 5.26 Å². The summed E-state index contributed by atoms with van der Waals surface area (Å²) in [5.74, 6) is 2.23. The van der Waals surface area contributed by atoms with Crippen LogP contribution in [0, 0.1) is 51.8 Å². The van der Waals surface area contributed by atoms with E-state index in [4.69, 9.17) is 0 Å². The van der Waals surface area contributed by atoms with E-state index in [0.29, 0.717) is 30.0 Å². The van der Waals surface area contributed by atoms with Gasteiger partial charge in [0.25, 0.3) is 0 Å². The fourth-order valence-corrected chi connectivity index (χ4v) is 7.26. The van der Waals surface area contributed by atoms with Crippen LogP contribution in [0.1, 0.15) is 65.2 Å². The lowest BCUT2D eigenvalue weighted by Crippen LogP contribution is -2.57. The SMILES string of the molecule is C[C@]12CC(=O)[C@H]3[C@@H](CCC4C[C@H](O)CC[C@@]43C)C1CC[C@@H]2C#N. The maximum atomic E-state index is 13.2. The van der Waals surface area contributed by atoms with Gasteiger partial charge in [-0.1, -0.05) is 13.8 Å². The van der Waals surface area contributed by atoms with Crippen LogP contribution in [0.3, 0.4) is 0 Å². The molecule has 0 aromatic carbocycles. The van der Waals surface area contributed by atoms with Gasteiger partial charge in [0.15, 0.2) is 0 Å². The number of nitrogens with zero attached hydrogens (tertiary/aromatic N) is 1. The van der Waals surface area contributed by atoms with Crippen LogP contribution in [-0.2, 0) is 4.79 Å². The van der Waals surface area contributed by atoms with E-state index in [-0.39, 0.29) is 28.8 Å². The number of rotatable bonds is 0. The van der Waals surface area contributed by atoms with Gasteiger partial charge >= 0.3 is 0 Å². The monoisotopic (exact) mass is 315 g/mol. The number of Topliss-reactive ketones (excluding diaryl/α,β-unsaturated/α-hetero) is 1. The second-order valence-corrected chi connectivity index (χ2v) is 9.36. The lowest BCUT2D eigenvalue weighted by Gasteiger charge is -2.59. The van der Waals surface area contributed by atoms with Crippen LogP contribution in [0.5, 0.6) is 0 Å². The predicted octanol–water partition coefficient (Wildman–Crippen LogP) is 3.71. The molecule has 0 spiro atoms. The lowest BCUT2D eigenvalue weighted by molar-refractivity contribution is -0.160. The summed E-state index contributed by atoms with van der Waals surface area (Å²) in [5, 5.41) is 19.6. The van der Waals surface area contributed by atoms with E-state index in [1.807, 2.05) is 0 Å². The van der Waals surface area contributed by atoms with Crippen LogP contribution in [0.15, 0.2) is 0 Å². The van der Waals surface area contributed by atoms with Crippen molar-refractivity contribution in [3.63, 3.8) is 0 Å².